The summed E-state index contributed by atoms with van der Waals surface area (Å²) in [6.45, 7) is 1.81. The number of piperidine rings is 1. The van der Waals surface area contributed by atoms with E-state index in [1.807, 2.05) is 6.07 Å². The molecule has 1 aliphatic rings. The van der Waals surface area contributed by atoms with E-state index in [-0.39, 0.29) is 23.3 Å². The molecule has 0 bridgehead atoms. The van der Waals surface area contributed by atoms with Gasteiger partial charge >= 0.3 is 5.97 Å². The van der Waals surface area contributed by atoms with Crippen LogP contribution in [0.5, 0.6) is 5.75 Å². The molecule has 0 radical (unpaired) electrons. The summed E-state index contributed by atoms with van der Waals surface area (Å²) in [5.41, 5.74) is 1.91. The van der Waals surface area contributed by atoms with E-state index in [9.17, 15) is 14.3 Å². The molecule has 1 aromatic heterocycles. The van der Waals surface area contributed by atoms with Crippen molar-refractivity contribution >= 4 is 28.5 Å². The van der Waals surface area contributed by atoms with Gasteiger partial charge in [-0.15, -0.1) is 0 Å². The maximum Gasteiger partial charge on any atom is 0.303 e. The average molecular weight is 527 g/mol. The Balaban J connectivity index is 1.39. The fourth-order valence-corrected chi connectivity index (χ4v) is 5.21. The van der Waals surface area contributed by atoms with Crippen LogP contribution in [0.25, 0.3) is 10.9 Å². The van der Waals surface area contributed by atoms with Crippen molar-refractivity contribution in [2.75, 3.05) is 26.7 Å². The number of likely N-dealkylation sites (tertiary alicyclic amines) is 1. The van der Waals surface area contributed by atoms with Crippen LogP contribution in [0.15, 0.2) is 48.7 Å². The Kier molecular flexibility index (Phi) is 8.96. The second-order valence-electron chi connectivity index (χ2n) is 9.40. The van der Waals surface area contributed by atoms with Crippen LogP contribution >= 0.6 is 11.6 Å². The zero-order valence-electron chi connectivity index (χ0n) is 20.6. The number of nitrogens with zero attached hydrogens (tertiary/aromatic N) is 2. The van der Waals surface area contributed by atoms with Crippen LogP contribution in [0, 0.1) is 29.5 Å². The van der Waals surface area contributed by atoms with Crippen LogP contribution < -0.4 is 4.74 Å². The monoisotopic (exact) mass is 526 g/mol. The summed E-state index contributed by atoms with van der Waals surface area (Å²) in [7, 11) is 1.57. The van der Waals surface area contributed by atoms with Crippen LogP contribution in [0.3, 0.4) is 0 Å². The second-order valence-corrected chi connectivity index (χ2v) is 9.81. The summed E-state index contributed by atoms with van der Waals surface area (Å²) in [4.78, 5) is 18.0. The van der Waals surface area contributed by atoms with Gasteiger partial charge in [-0.05, 0) is 85.7 Å². The molecule has 3 atom stereocenters. The van der Waals surface area contributed by atoms with Crippen molar-refractivity contribution in [3.63, 3.8) is 0 Å². The molecule has 1 aliphatic heterocycles. The molecular formula is C29H29ClF2N2O3. The van der Waals surface area contributed by atoms with E-state index in [0.29, 0.717) is 48.3 Å². The van der Waals surface area contributed by atoms with Gasteiger partial charge in [0.15, 0.2) is 0 Å². The molecule has 37 heavy (non-hydrogen) atoms. The maximum absolute atomic E-state index is 15.5. The van der Waals surface area contributed by atoms with Gasteiger partial charge in [0.1, 0.15) is 17.7 Å². The molecule has 1 fully saturated rings. The van der Waals surface area contributed by atoms with Crippen LogP contribution in [0.1, 0.15) is 43.0 Å². The van der Waals surface area contributed by atoms with Crippen molar-refractivity contribution in [3.05, 3.63) is 70.6 Å². The van der Waals surface area contributed by atoms with Gasteiger partial charge in [-0.2, -0.15) is 0 Å². The van der Waals surface area contributed by atoms with Crippen molar-refractivity contribution < 1.29 is 23.4 Å². The smallest absolute Gasteiger partial charge is 0.303 e. The highest BCUT2D eigenvalue weighted by molar-refractivity contribution is 6.30. The van der Waals surface area contributed by atoms with E-state index in [4.69, 9.17) is 16.3 Å². The number of hydrogen-bond acceptors (Lipinski definition) is 4. The number of alkyl halides is 1. The lowest BCUT2D eigenvalue weighted by Crippen LogP contribution is -2.41. The molecule has 194 valence electrons. The molecule has 1 N–H and O–H groups in total. The molecule has 2 heterocycles. The molecule has 0 aliphatic carbocycles. The third kappa shape index (κ3) is 6.97. The van der Waals surface area contributed by atoms with E-state index in [0.717, 1.165) is 18.4 Å². The number of hydrogen-bond donors (Lipinski definition) is 1. The maximum atomic E-state index is 15.5. The van der Waals surface area contributed by atoms with Crippen molar-refractivity contribution in [3.8, 4) is 17.6 Å². The quantitative estimate of drug-likeness (QED) is 0.349. The third-order valence-electron chi connectivity index (χ3n) is 6.98. The van der Waals surface area contributed by atoms with E-state index in [2.05, 4.69) is 21.7 Å². The predicted molar refractivity (Wildman–Crippen MR) is 140 cm³/mol. The number of carboxylic acid groups (broad SMARTS) is 1. The van der Waals surface area contributed by atoms with Crippen molar-refractivity contribution in [1.29, 1.82) is 0 Å². The minimum atomic E-state index is -1.19. The highest BCUT2D eigenvalue weighted by Gasteiger charge is 2.31. The summed E-state index contributed by atoms with van der Waals surface area (Å²) in [6.07, 6.45) is 2.15. The second kappa shape index (κ2) is 12.4. The van der Waals surface area contributed by atoms with Crippen LogP contribution in [-0.4, -0.2) is 47.7 Å². The number of carbonyl (C=O) groups is 1. The molecular weight excluding hydrogens is 498 g/mol. The number of methoxy groups -OCH3 is 1. The Morgan fingerprint density at radius 3 is 2.86 bits per heavy atom. The Morgan fingerprint density at radius 1 is 1.27 bits per heavy atom. The van der Waals surface area contributed by atoms with Crippen molar-refractivity contribution in [1.82, 2.24) is 9.88 Å². The van der Waals surface area contributed by atoms with Gasteiger partial charge in [0.05, 0.1) is 24.2 Å². The molecule has 4 rings (SSSR count). The summed E-state index contributed by atoms with van der Waals surface area (Å²) >= 11 is 5.81. The number of halogens is 3. The van der Waals surface area contributed by atoms with Gasteiger partial charge in [-0.3, -0.25) is 14.7 Å². The molecule has 3 aromatic rings. The summed E-state index contributed by atoms with van der Waals surface area (Å²) in [5, 5.41) is 10.2. The standard InChI is InChI=1S/C29H29ClF2N2O3/c1-37-22-6-9-28-24(17-22)23(10-12-33-28)26(31)8-5-20-11-14-34(18-21(20)16-29(35)36)13-2-3-19-4-7-27(32)25(30)15-19/h4,6-7,9-10,12,15,17,20-21,26H,5,8,11,13-14,16,18H2,1H3,(H,35,36)/t20-,21+,26-/m1/s1. The first-order valence-electron chi connectivity index (χ1n) is 12.3. The summed E-state index contributed by atoms with van der Waals surface area (Å²) in [6, 6.07) is 11.5. The Morgan fingerprint density at radius 2 is 2.11 bits per heavy atom. The van der Waals surface area contributed by atoms with Crippen molar-refractivity contribution in [2.45, 2.75) is 31.9 Å². The molecule has 5 nitrogen and oxygen atoms in total. The highest BCUT2D eigenvalue weighted by Crippen LogP contribution is 2.36. The molecule has 0 saturated carbocycles. The fourth-order valence-electron chi connectivity index (χ4n) is 5.03. The minimum absolute atomic E-state index is 0.0270. The van der Waals surface area contributed by atoms with Crippen LogP contribution in [0.4, 0.5) is 8.78 Å². The average Bonchev–Trinajstić information content (AvgIpc) is 2.89. The zero-order chi connectivity index (χ0) is 26.4. The number of pyridine rings is 1. The summed E-state index contributed by atoms with van der Waals surface area (Å²) in [5.74, 6) is 5.39. The normalized spacial score (nSPS) is 18.7. The van der Waals surface area contributed by atoms with Crippen LogP contribution in [-0.2, 0) is 4.79 Å². The molecule has 2 aromatic carbocycles. The topological polar surface area (TPSA) is 62.7 Å². The van der Waals surface area contributed by atoms with Crippen LogP contribution in [0.2, 0.25) is 5.02 Å². The number of fused-ring (bicyclic) bond motifs is 1. The highest BCUT2D eigenvalue weighted by atomic mass is 35.5. The molecule has 1 saturated heterocycles. The lowest BCUT2D eigenvalue weighted by molar-refractivity contribution is -0.139. The minimum Gasteiger partial charge on any atom is -0.497 e. The first-order valence-corrected chi connectivity index (χ1v) is 12.7. The number of aromatic nitrogens is 1. The third-order valence-corrected chi connectivity index (χ3v) is 7.27. The predicted octanol–water partition coefficient (Wildman–Crippen LogP) is 6.29. The lowest BCUT2D eigenvalue weighted by Gasteiger charge is -2.37. The van der Waals surface area contributed by atoms with Gasteiger partial charge in [-0.1, -0.05) is 23.4 Å². The van der Waals surface area contributed by atoms with Gasteiger partial charge in [0.25, 0.3) is 0 Å². The molecule has 0 unspecified atom stereocenters. The Bertz CT molecular complexity index is 1320. The first kappa shape index (κ1) is 26.8. The number of rotatable bonds is 8. The molecule has 8 heteroatoms. The Labute approximate surface area is 220 Å². The fraction of sp³-hybridized carbons (Fsp3) is 0.379. The SMILES string of the molecule is COc1ccc2nccc([C@H](F)CC[C@@H]3CCN(CC#Cc4ccc(F)c(Cl)c4)C[C@@H]3CC(=O)O)c2c1. The largest absolute Gasteiger partial charge is 0.497 e. The van der Waals surface area contributed by atoms with Gasteiger partial charge < -0.3 is 9.84 Å². The van der Waals surface area contributed by atoms with E-state index in [1.54, 1.807) is 37.6 Å². The number of carboxylic acids is 1. The van der Waals surface area contributed by atoms with E-state index >= 15 is 4.39 Å². The summed E-state index contributed by atoms with van der Waals surface area (Å²) < 4.78 is 34.1. The van der Waals surface area contributed by atoms with E-state index in [1.165, 1.54) is 12.1 Å². The lowest BCUT2D eigenvalue weighted by atomic mass is 9.79. The van der Waals surface area contributed by atoms with Gasteiger partial charge in [-0.25, -0.2) is 8.78 Å². The van der Waals surface area contributed by atoms with Crippen molar-refractivity contribution in [2.24, 2.45) is 11.8 Å². The van der Waals surface area contributed by atoms with E-state index < -0.39 is 18.0 Å². The number of benzene rings is 2. The first-order chi connectivity index (χ1) is 17.8. The number of aliphatic carboxylic acids is 1. The Hall–Kier alpha value is -3.21. The van der Waals surface area contributed by atoms with Gasteiger partial charge in [0, 0.05) is 30.1 Å². The zero-order valence-corrected chi connectivity index (χ0v) is 21.3. The molecule has 0 amide bonds. The van der Waals surface area contributed by atoms with Gasteiger partial charge in [0.2, 0.25) is 0 Å². The number of ether oxygens (including phenoxy) is 1. The molecule has 0 spiro atoms.